The average molecular weight is 649 g/mol. The third kappa shape index (κ3) is 6.17. The van der Waals surface area contributed by atoms with E-state index in [0.717, 1.165) is 16.6 Å². The van der Waals surface area contributed by atoms with Crippen LogP contribution in [0.25, 0.3) is 16.7 Å². The van der Waals surface area contributed by atoms with Gasteiger partial charge in [0, 0.05) is 38.1 Å². The molecule has 1 aliphatic heterocycles. The zero-order chi connectivity index (χ0) is 33.3. The van der Waals surface area contributed by atoms with Crippen molar-refractivity contribution in [1.29, 1.82) is 0 Å². The van der Waals surface area contributed by atoms with Crippen molar-refractivity contribution in [2.45, 2.75) is 24.7 Å². The van der Waals surface area contributed by atoms with Crippen molar-refractivity contribution in [3.05, 3.63) is 92.5 Å². The molecule has 0 aliphatic carbocycles. The number of hydrogen-bond donors (Lipinski definition) is 1. The number of aryl methyl sites for hydroxylation is 1. The van der Waals surface area contributed by atoms with Crippen molar-refractivity contribution < 1.29 is 41.0 Å². The summed E-state index contributed by atoms with van der Waals surface area (Å²) in [4.78, 5) is 60.2. The summed E-state index contributed by atoms with van der Waals surface area (Å²) in [7, 11) is 2.48. The Morgan fingerprint density at radius 1 is 1.13 bits per heavy atom. The second-order valence-corrected chi connectivity index (χ2v) is 10.3. The van der Waals surface area contributed by atoms with Crippen LogP contribution in [0, 0.1) is 11.6 Å². The van der Waals surface area contributed by atoms with Crippen molar-refractivity contribution in [3.8, 4) is 5.82 Å². The molecule has 46 heavy (non-hydrogen) atoms. The van der Waals surface area contributed by atoms with E-state index in [9.17, 15) is 32.3 Å². The first-order valence-corrected chi connectivity index (χ1v) is 13.6. The van der Waals surface area contributed by atoms with Crippen molar-refractivity contribution in [2.75, 3.05) is 31.8 Å². The molecule has 0 saturated carbocycles. The maximum absolute atomic E-state index is 15.1. The summed E-state index contributed by atoms with van der Waals surface area (Å²) in [5, 5.41) is 2.41. The van der Waals surface area contributed by atoms with Gasteiger partial charge >= 0.3 is 17.8 Å². The molecular weight excluding hydrogens is 623 g/mol. The van der Waals surface area contributed by atoms with Gasteiger partial charge < -0.3 is 19.7 Å². The number of alkyl halides is 3. The number of rotatable bonds is 7. The van der Waals surface area contributed by atoms with E-state index in [1.54, 1.807) is 0 Å². The van der Waals surface area contributed by atoms with Crippen LogP contribution in [0.2, 0.25) is 0 Å². The number of carbonyl (C=O) groups is 2. The lowest BCUT2D eigenvalue weighted by Gasteiger charge is -2.38. The number of nitrogens with one attached hydrogen (secondary N) is 1. The second-order valence-electron chi connectivity index (χ2n) is 10.3. The number of esters is 1. The largest absolute Gasteiger partial charge is 0.467 e. The fraction of sp³-hybridized carbons (Fsp3) is 0.310. The number of halogens is 5. The van der Waals surface area contributed by atoms with Crippen LogP contribution < -0.4 is 21.5 Å². The van der Waals surface area contributed by atoms with Gasteiger partial charge in [0.2, 0.25) is 0 Å². The number of amides is 1. The van der Waals surface area contributed by atoms with Gasteiger partial charge in [0.05, 0.1) is 37.4 Å². The molecule has 1 N–H and O–H groups in total. The number of anilines is 1. The minimum absolute atomic E-state index is 0.0380. The topological polar surface area (TPSA) is 138 Å². The van der Waals surface area contributed by atoms with Crippen LogP contribution in [-0.2, 0) is 27.7 Å². The minimum Gasteiger partial charge on any atom is -0.467 e. The highest BCUT2D eigenvalue weighted by Crippen LogP contribution is 2.32. The Kier molecular flexibility index (Phi) is 8.87. The van der Waals surface area contributed by atoms with Gasteiger partial charge in [-0.3, -0.25) is 19.1 Å². The van der Waals surface area contributed by atoms with Gasteiger partial charge in [-0.15, -0.1) is 0 Å². The summed E-state index contributed by atoms with van der Waals surface area (Å²) in [5.41, 5.74) is -2.28. The molecule has 5 rings (SSSR count). The summed E-state index contributed by atoms with van der Waals surface area (Å²) in [6.07, 6.45) is -1.03. The zero-order valence-corrected chi connectivity index (χ0v) is 24.2. The third-order valence-electron chi connectivity index (χ3n) is 7.43. The van der Waals surface area contributed by atoms with Gasteiger partial charge in [0.1, 0.15) is 35.1 Å². The SMILES string of the molecule is COC(=O)[C@H](Cc1ccc(-n2c(=O)c3ccncc3n(C)c2=O)nc1)NC(=O)c1c(F)cc(N2CCOC[C@@H]2C(F)(F)F)cc1F. The molecule has 0 radical (unpaired) electrons. The minimum atomic E-state index is -4.75. The predicted octanol–water partition coefficient (Wildman–Crippen LogP) is 2.04. The number of carbonyl (C=O) groups excluding carboxylic acids is 2. The number of methoxy groups -OCH3 is 1. The number of benzene rings is 1. The molecule has 242 valence electrons. The Labute approximate surface area is 256 Å². The normalized spacial score (nSPS) is 15.9. The van der Waals surface area contributed by atoms with Gasteiger partial charge in [-0.25, -0.2) is 27.9 Å². The molecule has 3 aromatic heterocycles. The third-order valence-corrected chi connectivity index (χ3v) is 7.43. The molecule has 1 amide bonds. The van der Waals surface area contributed by atoms with Crippen LogP contribution in [-0.4, -0.2) is 76.1 Å². The van der Waals surface area contributed by atoms with Crippen LogP contribution in [0.5, 0.6) is 0 Å². The number of morpholine rings is 1. The summed E-state index contributed by atoms with van der Waals surface area (Å²) in [6.45, 7) is -1.14. The maximum atomic E-state index is 15.1. The lowest BCUT2D eigenvalue weighted by Crippen LogP contribution is -2.53. The van der Waals surface area contributed by atoms with Crippen molar-refractivity contribution in [3.63, 3.8) is 0 Å². The molecule has 1 aliphatic rings. The van der Waals surface area contributed by atoms with Crippen molar-refractivity contribution in [1.82, 2.24) is 24.4 Å². The fourth-order valence-electron chi connectivity index (χ4n) is 5.09. The quantitative estimate of drug-likeness (QED) is 0.236. The van der Waals surface area contributed by atoms with Gasteiger partial charge in [0.15, 0.2) is 0 Å². The van der Waals surface area contributed by atoms with E-state index in [4.69, 9.17) is 9.47 Å². The summed E-state index contributed by atoms with van der Waals surface area (Å²) < 4.78 is 82.2. The second kappa shape index (κ2) is 12.7. The average Bonchev–Trinajstić information content (AvgIpc) is 3.03. The van der Waals surface area contributed by atoms with Gasteiger partial charge in [-0.05, 0) is 29.8 Å². The van der Waals surface area contributed by atoms with E-state index in [2.05, 4.69) is 15.3 Å². The van der Waals surface area contributed by atoms with Crippen molar-refractivity contribution >= 4 is 28.5 Å². The smallest absolute Gasteiger partial charge is 0.411 e. The van der Waals surface area contributed by atoms with Crippen LogP contribution in [0.1, 0.15) is 15.9 Å². The number of ether oxygens (including phenoxy) is 2. The number of aromatic nitrogens is 4. The molecule has 12 nitrogen and oxygen atoms in total. The van der Waals surface area contributed by atoms with E-state index in [1.807, 2.05) is 0 Å². The number of hydrogen-bond acceptors (Lipinski definition) is 9. The van der Waals surface area contributed by atoms with Crippen molar-refractivity contribution in [2.24, 2.45) is 7.05 Å². The number of fused-ring (bicyclic) bond motifs is 1. The molecule has 1 fully saturated rings. The Bertz CT molecular complexity index is 1900. The molecule has 0 bridgehead atoms. The highest BCUT2D eigenvalue weighted by Gasteiger charge is 2.46. The Morgan fingerprint density at radius 2 is 1.85 bits per heavy atom. The first-order chi connectivity index (χ1) is 21.8. The van der Waals surface area contributed by atoms with Crippen LogP contribution >= 0.6 is 0 Å². The lowest BCUT2D eigenvalue weighted by molar-refractivity contribution is -0.167. The van der Waals surface area contributed by atoms with E-state index in [1.165, 1.54) is 48.4 Å². The Morgan fingerprint density at radius 3 is 2.48 bits per heavy atom. The molecule has 2 atom stereocenters. The summed E-state index contributed by atoms with van der Waals surface area (Å²) in [5.74, 6) is -5.29. The van der Waals surface area contributed by atoms with Crippen LogP contribution in [0.15, 0.2) is 58.5 Å². The highest BCUT2D eigenvalue weighted by molar-refractivity contribution is 5.97. The standard InChI is InChI=1S/C29H25F5N6O6/c1-38-21-13-35-6-5-17(21)26(42)40(28(38)44)23-4-3-15(12-36-23)9-20(27(43)45-2)37-25(41)24-18(30)10-16(11-19(24)31)39-7-8-46-14-22(39)29(32,33)34/h3-6,10-13,20,22H,7-9,14H2,1-2H3,(H,37,41)/t20-,22+/m0/s1. The molecule has 0 unspecified atom stereocenters. The number of pyridine rings is 2. The van der Waals surface area contributed by atoms with E-state index in [-0.39, 0.29) is 30.8 Å². The lowest BCUT2D eigenvalue weighted by atomic mass is 10.1. The van der Waals surface area contributed by atoms with E-state index < -0.39 is 70.9 Å². The molecule has 0 spiro atoms. The monoisotopic (exact) mass is 648 g/mol. The van der Waals surface area contributed by atoms with Gasteiger partial charge in [-0.1, -0.05) is 6.07 Å². The summed E-state index contributed by atoms with van der Waals surface area (Å²) >= 11 is 0. The zero-order valence-electron chi connectivity index (χ0n) is 24.2. The van der Waals surface area contributed by atoms with Gasteiger partial charge in [-0.2, -0.15) is 13.2 Å². The van der Waals surface area contributed by atoms with Crippen LogP contribution in [0.3, 0.4) is 0 Å². The molecule has 1 aromatic carbocycles. The van der Waals surface area contributed by atoms with Gasteiger partial charge in [0.25, 0.3) is 11.5 Å². The predicted molar refractivity (Wildman–Crippen MR) is 152 cm³/mol. The highest BCUT2D eigenvalue weighted by atomic mass is 19.4. The molecule has 4 aromatic rings. The molecule has 17 heteroatoms. The van der Waals surface area contributed by atoms with E-state index >= 15 is 8.78 Å². The molecule has 1 saturated heterocycles. The number of nitrogens with zero attached hydrogens (tertiary/aromatic N) is 5. The fourth-order valence-corrected chi connectivity index (χ4v) is 5.09. The Balaban J connectivity index is 1.38. The molecular formula is C29H25F5N6O6. The first kappa shape index (κ1) is 32.2. The Hall–Kier alpha value is -5.19. The summed E-state index contributed by atoms with van der Waals surface area (Å²) in [6, 6.07) is 1.78. The van der Waals surface area contributed by atoms with Crippen LogP contribution in [0.4, 0.5) is 27.6 Å². The van der Waals surface area contributed by atoms with E-state index in [0.29, 0.717) is 23.2 Å². The maximum Gasteiger partial charge on any atom is 0.411 e. The first-order valence-electron chi connectivity index (χ1n) is 13.6. The molecule has 4 heterocycles.